The van der Waals surface area contributed by atoms with Crippen LogP contribution < -0.4 is 10.6 Å². The Morgan fingerprint density at radius 3 is 2.61 bits per heavy atom. The molecule has 3 aromatic rings. The fraction of sp³-hybridized carbons (Fsp3) is 0.158. The number of halogens is 1. The van der Waals surface area contributed by atoms with Gasteiger partial charge in [0.15, 0.2) is 5.82 Å². The summed E-state index contributed by atoms with van der Waals surface area (Å²) in [5.41, 5.74) is 0.935. The molecule has 0 aliphatic carbocycles. The zero-order valence-corrected chi connectivity index (χ0v) is 14.8. The van der Waals surface area contributed by atoms with E-state index in [-0.39, 0.29) is 13.1 Å². The summed E-state index contributed by atoms with van der Waals surface area (Å²) in [5.74, 6) is -0.597. The lowest BCUT2D eigenvalue weighted by Gasteiger charge is -2.14. The van der Waals surface area contributed by atoms with Crippen LogP contribution in [0.3, 0.4) is 0 Å². The normalized spacial score (nSPS) is 12.9. The van der Waals surface area contributed by atoms with Gasteiger partial charge >= 0.3 is 17.7 Å². The van der Waals surface area contributed by atoms with Gasteiger partial charge in [0.2, 0.25) is 0 Å². The molecule has 0 atom stereocenters. The average Bonchev–Trinajstić information content (AvgIpc) is 3.18. The smallest absolute Gasteiger partial charge is 0.354 e. The summed E-state index contributed by atoms with van der Waals surface area (Å²) in [7, 11) is 1.29. The number of esters is 1. The summed E-state index contributed by atoms with van der Waals surface area (Å²) in [5, 5.41) is 4.24. The number of rotatable bonds is 4. The van der Waals surface area contributed by atoms with Crippen LogP contribution in [0.4, 0.5) is 14.9 Å². The van der Waals surface area contributed by atoms with Crippen LogP contribution in [0.15, 0.2) is 53.3 Å². The second-order valence-corrected chi connectivity index (χ2v) is 6.23. The van der Waals surface area contributed by atoms with Crippen molar-refractivity contribution in [1.29, 1.82) is 0 Å². The number of benzene rings is 2. The van der Waals surface area contributed by atoms with E-state index in [1.54, 1.807) is 24.3 Å². The largest absolute Gasteiger partial charge is 0.465 e. The molecule has 0 unspecified atom stereocenters. The molecule has 0 spiro atoms. The minimum Gasteiger partial charge on any atom is -0.465 e. The fourth-order valence-corrected chi connectivity index (χ4v) is 3.09. The van der Waals surface area contributed by atoms with Gasteiger partial charge in [-0.05, 0) is 42.0 Å². The molecule has 0 radical (unpaired) electrons. The van der Waals surface area contributed by atoms with Gasteiger partial charge in [-0.1, -0.05) is 12.1 Å². The van der Waals surface area contributed by atoms with E-state index in [0.717, 1.165) is 4.57 Å². The minimum absolute atomic E-state index is 0.105. The molecule has 0 saturated carbocycles. The zero-order valence-electron chi connectivity index (χ0n) is 14.8. The van der Waals surface area contributed by atoms with Crippen molar-refractivity contribution in [3.05, 3.63) is 81.8 Å². The standard InChI is InChI=1S/C19H15FN4O4/c1-28-17(25)13-4-2-3-12(9-13)10-23-19(27)24-16(21-23)11-22(18(24)26)15-7-5-14(20)6-8-15/h2-9H,10-11H2,1H3. The van der Waals surface area contributed by atoms with E-state index in [1.165, 1.54) is 41.0 Å². The number of fused-ring (bicyclic) bond motifs is 1. The molecule has 0 fully saturated rings. The van der Waals surface area contributed by atoms with Gasteiger partial charge < -0.3 is 4.74 Å². The molecule has 0 bridgehead atoms. The van der Waals surface area contributed by atoms with E-state index >= 15 is 0 Å². The molecular formula is C19H15FN4O4. The molecule has 142 valence electrons. The predicted molar refractivity (Wildman–Crippen MR) is 96.7 cm³/mol. The quantitative estimate of drug-likeness (QED) is 0.645. The van der Waals surface area contributed by atoms with Crippen LogP contribution in [0.1, 0.15) is 21.7 Å². The predicted octanol–water partition coefficient (Wildman–Crippen LogP) is 2.01. The first-order chi connectivity index (χ1) is 13.5. The summed E-state index contributed by atoms with van der Waals surface area (Å²) in [6, 6.07) is 11.5. The molecular weight excluding hydrogens is 367 g/mol. The number of methoxy groups -OCH3 is 1. The Hall–Kier alpha value is -3.75. The third-order valence-electron chi connectivity index (χ3n) is 4.45. The Labute approximate surface area is 158 Å². The Morgan fingerprint density at radius 2 is 1.93 bits per heavy atom. The summed E-state index contributed by atoms with van der Waals surface area (Å²) in [6.07, 6.45) is 0. The molecule has 2 heterocycles. The van der Waals surface area contributed by atoms with Crippen molar-refractivity contribution in [1.82, 2.24) is 14.3 Å². The van der Waals surface area contributed by atoms with Gasteiger partial charge in [0.1, 0.15) is 5.82 Å². The Balaban J connectivity index is 1.60. The second-order valence-electron chi connectivity index (χ2n) is 6.23. The average molecular weight is 382 g/mol. The number of aromatic nitrogens is 3. The van der Waals surface area contributed by atoms with Crippen LogP contribution in [0, 0.1) is 5.82 Å². The second kappa shape index (κ2) is 6.76. The summed E-state index contributed by atoms with van der Waals surface area (Å²) in [4.78, 5) is 38.3. The van der Waals surface area contributed by atoms with E-state index in [2.05, 4.69) is 9.84 Å². The maximum atomic E-state index is 13.1. The maximum Gasteiger partial charge on any atom is 0.354 e. The van der Waals surface area contributed by atoms with Crippen molar-refractivity contribution >= 4 is 17.7 Å². The van der Waals surface area contributed by atoms with E-state index < -0.39 is 23.5 Å². The van der Waals surface area contributed by atoms with Crippen molar-refractivity contribution < 1.29 is 18.7 Å². The van der Waals surface area contributed by atoms with Gasteiger partial charge in [-0.25, -0.2) is 23.5 Å². The molecule has 28 heavy (non-hydrogen) atoms. The van der Waals surface area contributed by atoms with Crippen molar-refractivity contribution in [2.24, 2.45) is 0 Å². The van der Waals surface area contributed by atoms with Gasteiger partial charge in [-0.2, -0.15) is 9.67 Å². The minimum atomic E-state index is -0.576. The number of carbonyl (C=O) groups excluding carboxylic acids is 2. The summed E-state index contributed by atoms with van der Waals surface area (Å²) in [6.45, 7) is 0.211. The fourth-order valence-electron chi connectivity index (χ4n) is 3.09. The highest BCUT2D eigenvalue weighted by atomic mass is 19.1. The van der Waals surface area contributed by atoms with Crippen molar-refractivity contribution in [3.8, 4) is 0 Å². The lowest BCUT2D eigenvalue weighted by atomic mass is 10.1. The third kappa shape index (κ3) is 2.96. The first kappa shape index (κ1) is 17.7. The van der Waals surface area contributed by atoms with Crippen LogP contribution in [0.5, 0.6) is 0 Å². The molecule has 2 aromatic carbocycles. The highest BCUT2D eigenvalue weighted by Gasteiger charge is 2.33. The van der Waals surface area contributed by atoms with Crippen LogP contribution >= 0.6 is 0 Å². The third-order valence-corrected chi connectivity index (χ3v) is 4.45. The molecule has 1 aliphatic rings. The number of carbonyl (C=O) groups is 2. The van der Waals surface area contributed by atoms with Crippen molar-refractivity contribution in [2.45, 2.75) is 13.1 Å². The molecule has 0 saturated heterocycles. The van der Waals surface area contributed by atoms with Crippen LogP contribution in [-0.4, -0.2) is 33.5 Å². The van der Waals surface area contributed by atoms with Gasteiger partial charge in [0.05, 0.1) is 25.8 Å². The van der Waals surface area contributed by atoms with Crippen LogP contribution in [0.25, 0.3) is 0 Å². The van der Waals surface area contributed by atoms with Gasteiger partial charge in [-0.3, -0.25) is 4.90 Å². The molecule has 8 nitrogen and oxygen atoms in total. The monoisotopic (exact) mass is 382 g/mol. The van der Waals surface area contributed by atoms with Gasteiger partial charge in [0.25, 0.3) is 0 Å². The number of nitrogens with zero attached hydrogens (tertiary/aromatic N) is 4. The lowest BCUT2D eigenvalue weighted by Crippen LogP contribution is -2.35. The van der Waals surface area contributed by atoms with E-state index in [9.17, 15) is 18.8 Å². The summed E-state index contributed by atoms with van der Waals surface area (Å²) >= 11 is 0. The number of hydrogen-bond donors (Lipinski definition) is 0. The Bertz CT molecular complexity index is 1130. The lowest BCUT2D eigenvalue weighted by molar-refractivity contribution is 0.0600. The highest BCUT2D eigenvalue weighted by Crippen LogP contribution is 2.22. The number of hydrogen-bond acceptors (Lipinski definition) is 5. The molecule has 0 N–H and O–H groups in total. The first-order valence-corrected chi connectivity index (χ1v) is 8.41. The van der Waals surface area contributed by atoms with E-state index in [4.69, 9.17) is 0 Å². The molecule has 9 heteroatoms. The number of amides is 1. The van der Waals surface area contributed by atoms with Crippen LogP contribution in [-0.2, 0) is 17.8 Å². The Kier molecular flexibility index (Phi) is 4.26. The molecule has 1 aromatic heterocycles. The van der Waals surface area contributed by atoms with Crippen molar-refractivity contribution in [2.75, 3.05) is 12.0 Å². The van der Waals surface area contributed by atoms with Gasteiger partial charge in [-0.15, -0.1) is 0 Å². The zero-order chi connectivity index (χ0) is 19.8. The van der Waals surface area contributed by atoms with E-state index in [1.807, 2.05) is 0 Å². The molecule has 1 aliphatic heterocycles. The van der Waals surface area contributed by atoms with Gasteiger partial charge in [0, 0.05) is 5.69 Å². The SMILES string of the molecule is COC(=O)c1cccc(Cn2nc3n(c2=O)C(=O)N(c2ccc(F)cc2)C3)c1. The molecule has 4 rings (SSSR count). The Morgan fingerprint density at radius 1 is 1.18 bits per heavy atom. The number of ether oxygens (including phenoxy) is 1. The van der Waals surface area contributed by atoms with Crippen molar-refractivity contribution in [3.63, 3.8) is 0 Å². The molecule has 1 amide bonds. The number of anilines is 1. The van der Waals surface area contributed by atoms with Crippen LogP contribution in [0.2, 0.25) is 0 Å². The topological polar surface area (TPSA) is 86.4 Å². The summed E-state index contributed by atoms with van der Waals surface area (Å²) < 4.78 is 20.0. The highest BCUT2D eigenvalue weighted by molar-refractivity contribution is 5.96. The first-order valence-electron chi connectivity index (χ1n) is 8.41. The van der Waals surface area contributed by atoms with E-state index in [0.29, 0.717) is 22.6 Å². The maximum absolute atomic E-state index is 13.1.